The normalized spacial score (nSPS) is 16.6. The van der Waals surface area contributed by atoms with Crippen LogP contribution in [0.15, 0.2) is 24.3 Å². The molecule has 3 heteroatoms. The minimum absolute atomic E-state index is 0.164. The van der Waals surface area contributed by atoms with E-state index < -0.39 is 0 Å². The van der Waals surface area contributed by atoms with Gasteiger partial charge in [-0.05, 0) is 49.5 Å². The Morgan fingerprint density at radius 1 is 1.39 bits per heavy atom. The van der Waals surface area contributed by atoms with Crippen LogP contribution in [0.2, 0.25) is 0 Å². The molecule has 0 atom stereocenters. The van der Waals surface area contributed by atoms with Crippen molar-refractivity contribution in [1.29, 1.82) is 0 Å². The molecule has 1 fully saturated rings. The lowest BCUT2D eigenvalue weighted by molar-refractivity contribution is -0.118. The van der Waals surface area contributed by atoms with Gasteiger partial charge in [-0.25, -0.2) is 0 Å². The number of nitrogens with one attached hydrogen (secondary N) is 1. The highest BCUT2D eigenvalue weighted by atomic mass is 16.2. The van der Waals surface area contributed by atoms with Crippen molar-refractivity contribution in [2.45, 2.75) is 32.1 Å². The molecule has 0 unspecified atom stereocenters. The fourth-order valence-electron chi connectivity index (χ4n) is 2.52. The van der Waals surface area contributed by atoms with E-state index in [-0.39, 0.29) is 5.91 Å². The van der Waals surface area contributed by atoms with Gasteiger partial charge in [0.1, 0.15) is 0 Å². The molecule has 98 valence electrons. The fourth-order valence-corrected chi connectivity index (χ4v) is 2.52. The number of piperidine rings is 1. The lowest BCUT2D eigenvalue weighted by Gasteiger charge is -2.24. The van der Waals surface area contributed by atoms with E-state index in [1.54, 1.807) is 4.90 Å². The van der Waals surface area contributed by atoms with Crippen LogP contribution in [0.25, 0.3) is 0 Å². The summed E-state index contributed by atoms with van der Waals surface area (Å²) in [4.78, 5) is 13.5. The Kier molecular flexibility index (Phi) is 4.37. The molecule has 0 radical (unpaired) electrons. The molecule has 0 aliphatic carbocycles. The Labute approximate surface area is 109 Å². The summed E-state index contributed by atoms with van der Waals surface area (Å²) in [5.41, 5.74) is 2.38. The number of carbonyl (C=O) groups excluding carboxylic acids is 1. The van der Waals surface area contributed by atoms with Crippen molar-refractivity contribution >= 4 is 11.6 Å². The minimum atomic E-state index is 0.164. The first-order valence-electron chi connectivity index (χ1n) is 6.79. The van der Waals surface area contributed by atoms with Crippen LogP contribution < -0.4 is 10.2 Å². The Morgan fingerprint density at radius 2 is 2.11 bits per heavy atom. The minimum Gasteiger partial charge on any atom is -0.317 e. The lowest BCUT2D eigenvalue weighted by atomic mass is 9.90. The van der Waals surface area contributed by atoms with Gasteiger partial charge < -0.3 is 10.2 Å². The van der Waals surface area contributed by atoms with Gasteiger partial charge in [-0.3, -0.25) is 4.79 Å². The average molecular weight is 246 g/mol. The zero-order chi connectivity index (χ0) is 13.0. The molecule has 1 aliphatic rings. The molecular formula is C15H22N2O. The van der Waals surface area contributed by atoms with Crippen LogP contribution in [0.1, 0.15) is 37.7 Å². The Bertz CT molecular complexity index is 411. The Hall–Kier alpha value is -1.35. The molecule has 1 saturated heterocycles. The Balaban J connectivity index is 2.16. The van der Waals surface area contributed by atoms with Gasteiger partial charge in [-0.1, -0.05) is 19.1 Å². The van der Waals surface area contributed by atoms with Crippen molar-refractivity contribution in [2.24, 2.45) is 0 Å². The van der Waals surface area contributed by atoms with Gasteiger partial charge in [0, 0.05) is 19.2 Å². The molecule has 1 aromatic carbocycles. The van der Waals surface area contributed by atoms with Crippen LogP contribution in [-0.4, -0.2) is 26.0 Å². The molecule has 0 bridgehead atoms. The molecule has 0 saturated carbocycles. The second-order valence-electron chi connectivity index (χ2n) is 4.93. The second kappa shape index (κ2) is 6.01. The van der Waals surface area contributed by atoms with Gasteiger partial charge in [0.05, 0.1) is 0 Å². The first kappa shape index (κ1) is 13.1. The van der Waals surface area contributed by atoms with E-state index in [0.717, 1.165) is 18.8 Å². The summed E-state index contributed by atoms with van der Waals surface area (Å²) in [5.74, 6) is 0.800. The SMILES string of the molecule is CCC(=O)N(C)c1cccc(C2CCNCC2)c1. The summed E-state index contributed by atoms with van der Waals surface area (Å²) in [6, 6.07) is 8.43. The number of nitrogens with zero attached hydrogens (tertiary/aromatic N) is 1. The molecule has 1 heterocycles. The average Bonchev–Trinajstić information content (AvgIpc) is 2.46. The van der Waals surface area contributed by atoms with Crippen molar-refractivity contribution in [2.75, 3.05) is 25.0 Å². The van der Waals surface area contributed by atoms with Gasteiger partial charge >= 0.3 is 0 Å². The highest BCUT2D eigenvalue weighted by molar-refractivity contribution is 5.92. The predicted molar refractivity (Wildman–Crippen MR) is 75.0 cm³/mol. The summed E-state index contributed by atoms with van der Waals surface area (Å²) >= 11 is 0. The van der Waals surface area contributed by atoms with E-state index in [1.165, 1.54) is 18.4 Å². The standard InChI is InChI=1S/C15H22N2O/c1-3-15(18)17(2)14-6-4-5-13(11-14)12-7-9-16-10-8-12/h4-6,11-12,16H,3,7-10H2,1-2H3. The van der Waals surface area contributed by atoms with Crippen molar-refractivity contribution in [3.63, 3.8) is 0 Å². The van der Waals surface area contributed by atoms with Gasteiger partial charge in [-0.2, -0.15) is 0 Å². The van der Waals surface area contributed by atoms with Crippen LogP contribution in [0.3, 0.4) is 0 Å². The molecule has 1 N–H and O–H groups in total. The van der Waals surface area contributed by atoms with Gasteiger partial charge in [0.15, 0.2) is 0 Å². The maximum atomic E-state index is 11.7. The van der Waals surface area contributed by atoms with Crippen molar-refractivity contribution in [3.05, 3.63) is 29.8 Å². The molecular weight excluding hydrogens is 224 g/mol. The van der Waals surface area contributed by atoms with Crippen LogP contribution in [0.5, 0.6) is 0 Å². The van der Waals surface area contributed by atoms with Gasteiger partial charge in [-0.15, -0.1) is 0 Å². The third-order valence-electron chi connectivity index (χ3n) is 3.74. The van der Waals surface area contributed by atoms with Crippen molar-refractivity contribution in [1.82, 2.24) is 5.32 Å². The number of carbonyl (C=O) groups is 1. The maximum Gasteiger partial charge on any atom is 0.226 e. The molecule has 0 spiro atoms. The highest BCUT2D eigenvalue weighted by Gasteiger charge is 2.16. The summed E-state index contributed by atoms with van der Waals surface area (Å²) in [6.45, 7) is 4.09. The largest absolute Gasteiger partial charge is 0.317 e. The van der Waals surface area contributed by atoms with Crippen LogP contribution in [0, 0.1) is 0 Å². The summed E-state index contributed by atoms with van der Waals surface area (Å²) in [7, 11) is 1.85. The first-order chi connectivity index (χ1) is 8.72. The smallest absolute Gasteiger partial charge is 0.226 e. The van der Waals surface area contributed by atoms with E-state index >= 15 is 0 Å². The number of anilines is 1. The third kappa shape index (κ3) is 2.91. The summed E-state index contributed by atoms with van der Waals surface area (Å²) in [5, 5.41) is 3.38. The summed E-state index contributed by atoms with van der Waals surface area (Å²) < 4.78 is 0. The monoisotopic (exact) mass is 246 g/mol. The van der Waals surface area contributed by atoms with E-state index in [9.17, 15) is 4.79 Å². The van der Waals surface area contributed by atoms with E-state index in [1.807, 2.05) is 20.0 Å². The van der Waals surface area contributed by atoms with E-state index in [0.29, 0.717) is 12.3 Å². The predicted octanol–water partition coefficient (Wildman–Crippen LogP) is 2.53. The van der Waals surface area contributed by atoms with Crippen LogP contribution in [0.4, 0.5) is 5.69 Å². The van der Waals surface area contributed by atoms with E-state index in [2.05, 4.69) is 23.5 Å². The number of hydrogen-bond acceptors (Lipinski definition) is 2. The zero-order valence-corrected chi connectivity index (χ0v) is 11.3. The molecule has 1 aliphatic heterocycles. The maximum absolute atomic E-state index is 11.7. The zero-order valence-electron chi connectivity index (χ0n) is 11.3. The fraction of sp³-hybridized carbons (Fsp3) is 0.533. The molecule has 18 heavy (non-hydrogen) atoms. The van der Waals surface area contributed by atoms with Crippen LogP contribution >= 0.6 is 0 Å². The summed E-state index contributed by atoms with van der Waals surface area (Å²) in [6.07, 6.45) is 2.93. The molecule has 2 rings (SSSR count). The van der Waals surface area contributed by atoms with Gasteiger partial charge in [0.2, 0.25) is 5.91 Å². The molecule has 3 nitrogen and oxygen atoms in total. The number of benzene rings is 1. The number of hydrogen-bond donors (Lipinski definition) is 1. The topological polar surface area (TPSA) is 32.3 Å². The molecule has 0 aromatic heterocycles. The van der Waals surface area contributed by atoms with Crippen molar-refractivity contribution in [3.8, 4) is 0 Å². The second-order valence-corrected chi connectivity index (χ2v) is 4.93. The number of rotatable bonds is 3. The van der Waals surface area contributed by atoms with E-state index in [4.69, 9.17) is 0 Å². The third-order valence-corrected chi connectivity index (χ3v) is 3.74. The van der Waals surface area contributed by atoms with Crippen molar-refractivity contribution < 1.29 is 4.79 Å². The number of amides is 1. The first-order valence-corrected chi connectivity index (χ1v) is 6.79. The highest BCUT2D eigenvalue weighted by Crippen LogP contribution is 2.28. The molecule has 1 aromatic rings. The Morgan fingerprint density at radius 3 is 2.78 bits per heavy atom. The molecule has 1 amide bonds. The van der Waals surface area contributed by atoms with Gasteiger partial charge in [0.25, 0.3) is 0 Å². The lowest BCUT2D eigenvalue weighted by Crippen LogP contribution is -2.27. The van der Waals surface area contributed by atoms with Crippen LogP contribution in [-0.2, 0) is 4.79 Å². The quantitative estimate of drug-likeness (QED) is 0.889.